The summed E-state index contributed by atoms with van der Waals surface area (Å²) >= 11 is 3.42. The SMILES string of the molecule is Cc1ccc(C(=O)Nc2cccc(C(=O)NC(C)C)c2)cc1Br. The molecular weight excluding hydrogens is 356 g/mol. The molecule has 5 heteroatoms. The molecule has 0 aliphatic rings. The summed E-state index contributed by atoms with van der Waals surface area (Å²) in [5, 5.41) is 5.64. The molecule has 2 aromatic rings. The van der Waals surface area contributed by atoms with Gasteiger partial charge in [-0.15, -0.1) is 0 Å². The number of halogens is 1. The third kappa shape index (κ3) is 4.66. The Hall–Kier alpha value is -2.14. The van der Waals surface area contributed by atoms with Gasteiger partial charge in [-0.05, 0) is 56.7 Å². The predicted octanol–water partition coefficient (Wildman–Crippen LogP) is 4.15. The van der Waals surface area contributed by atoms with Crippen LogP contribution in [0.15, 0.2) is 46.9 Å². The van der Waals surface area contributed by atoms with Crippen LogP contribution in [0.25, 0.3) is 0 Å². The molecule has 0 saturated heterocycles. The quantitative estimate of drug-likeness (QED) is 0.844. The first kappa shape index (κ1) is 17.2. The van der Waals surface area contributed by atoms with Crippen molar-refractivity contribution >= 4 is 33.4 Å². The van der Waals surface area contributed by atoms with Crippen molar-refractivity contribution in [3.63, 3.8) is 0 Å². The summed E-state index contributed by atoms with van der Waals surface area (Å²) in [6.45, 7) is 5.76. The number of hydrogen-bond donors (Lipinski definition) is 2. The largest absolute Gasteiger partial charge is 0.350 e. The molecule has 0 saturated carbocycles. The van der Waals surface area contributed by atoms with Crippen molar-refractivity contribution in [1.82, 2.24) is 5.32 Å². The summed E-state index contributed by atoms with van der Waals surface area (Å²) in [6.07, 6.45) is 0. The highest BCUT2D eigenvalue weighted by molar-refractivity contribution is 9.10. The van der Waals surface area contributed by atoms with E-state index in [1.54, 1.807) is 36.4 Å². The summed E-state index contributed by atoms with van der Waals surface area (Å²) in [5.74, 6) is -0.374. The second-order valence-electron chi connectivity index (χ2n) is 5.63. The zero-order valence-electron chi connectivity index (χ0n) is 13.3. The summed E-state index contributed by atoms with van der Waals surface area (Å²) in [4.78, 5) is 24.3. The Kier molecular flexibility index (Phi) is 5.55. The first-order chi connectivity index (χ1) is 10.9. The molecule has 0 radical (unpaired) electrons. The number of carbonyl (C=O) groups is 2. The molecule has 4 nitrogen and oxygen atoms in total. The normalized spacial score (nSPS) is 10.5. The first-order valence-electron chi connectivity index (χ1n) is 7.35. The number of nitrogens with one attached hydrogen (secondary N) is 2. The van der Waals surface area contributed by atoms with Crippen LogP contribution in [0.4, 0.5) is 5.69 Å². The Balaban J connectivity index is 2.15. The molecular formula is C18H19BrN2O2. The van der Waals surface area contributed by atoms with Crippen LogP contribution in [-0.4, -0.2) is 17.9 Å². The highest BCUT2D eigenvalue weighted by Crippen LogP contribution is 2.19. The van der Waals surface area contributed by atoms with E-state index in [9.17, 15) is 9.59 Å². The van der Waals surface area contributed by atoms with Gasteiger partial charge in [0, 0.05) is 27.3 Å². The third-order valence-electron chi connectivity index (χ3n) is 3.24. The van der Waals surface area contributed by atoms with E-state index in [1.807, 2.05) is 26.8 Å². The second kappa shape index (κ2) is 7.42. The van der Waals surface area contributed by atoms with Crippen LogP contribution in [0.3, 0.4) is 0 Å². The van der Waals surface area contributed by atoms with Crippen LogP contribution in [0.1, 0.15) is 40.1 Å². The fourth-order valence-electron chi connectivity index (χ4n) is 2.02. The van der Waals surface area contributed by atoms with Gasteiger partial charge in [-0.1, -0.05) is 28.1 Å². The van der Waals surface area contributed by atoms with Crippen molar-refractivity contribution in [2.24, 2.45) is 0 Å². The van der Waals surface area contributed by atoms with E-state index in [-0.39, 0.29) is 17.9 Å². The van der Waals surface area contributed by atoms with Crippen LogP contribution in [-0.2, 0) is 0 Å². The monoisotopic (exact) mass is 374 g/mol. The molecule has 2 amide bonds. The lowest BCUT2D eigenvalue weighted by Crippen LogP contribution is -2.30. The maximum atomic E-state index is 12.3. The predicted molar refractivity (Wildman–Crippen MR) is 95.9 cm³/mol. The van der Waals surface area contributed by atoms with Crippen LogP contribution in [0, 0.1) is 6.92 Å². The number of rotatable bonds is 4. The van der Waals surface area contributed by atoms with Gasteiger partial charge in [-0.25, -0.2) is 0 Å². The van der Waals surface area contributed by atoms with Gasteiger partial charge >= 0.3 is 0 Å². The summed E-state index contributed by atoms with van der Waals surface area (Å²) in [5.41, 5.74) is 2.72. The van der Waals surface area contributed by atoms with Crippen molar-refractivity contribution in [3.8, 4) is 0 Å². The fraction of sp³-hybridized carbons (Fsp3) is 0.222. The van der Waals surface area contributed by atoms with Crippen molar-refractivity contribution in [2.75, 3.05) is 5.32 Å². The molecule has 2 N–H and O–H groups in total. The molecule has 0 aliphatic carbocycles. The molecule has 0 heterocycles. The zero-order valence-corrected chi connectivity index (χ0v) is 14.9. The molecule has 2 aromatic carbocycles. The van der Waals surface area contributed by atoms with E-state index in [1.165, 1.54) is 0 Å². The van der Waals surface area contributed by atoms with Gasteiger partial charge in [0.2, 0.25) is 0 Å². The number of benzene rings is 2. The maximum absolute atomic E-state index is 12.3. The number of amides is 2. The van der Waals surface area contributed by atoms with Crippen LogP contribution in [0.5, 0.6) is 0 Å². The van der Waals surface area contributed by atoms with Gasteiger partial charge in [0.1, 0.15) is 0 Å². The summed E-state index contributed by atoms with van der Waals surface area (Å²) in [7, 11) is 0. The van der Waals surface area contributed by atoms with Crippen molar-refractivity contribution in [2.45, 2.75) is 26.8 Å². The van der Waals surface area contributed by atoms with E-state index in [4.69, 9.17) is 0 Å². The van der Waals surface area contributed by atoms with Gasteiger partial charge in [0.25, 0.3) is 11.8 Å². The lowest BCUT2D eigenvalue weighted by Gasteiger charge is -2.10. The molecule has 23 heavy (non-hydrogen) atoms. The second-order valence-corrected chi connectivity index (χ2v) is 6.48. The lowest BCUT2D eigenvalue weighted by atomic mass is 10.1. The minimum atomic E-state index is -0.216. The van der Waals surface area contributed by atoms with E-state index < -0.39 is 0 Å². The summed E-state index contributed by atoms with van der Waals surface area (Å²) in [6, 6.07) is 12.4. The van der Waals surface area contributed by atoms with Crippen molar-refractivity contribution in [3.05, 3.63) is 63.6 Å². The van der Waals surface area contributed by atoms with E-state index in [0.717, 1.165) is 10.0 Å². The standard InChI is InChI=1S/C18H19BrN2O2/c1-11(2)20-17(22)13-5-4-6-15(9-13)21-18(23)14-8-7-12(3)16(19)10-14/h4-11H,1-3H3,(H,20,22)(H,21,23). The fourth-order valence-corrected chi connectivity index (χ4v) is 2.40. The third-order valence-corrected chi connectivity index (χ3v) is 4.09. The Morgan fingerprint density at radius 3 is 2.35 bits per heavy atom. The molecule has 2 rings (SSSR count). The molecule has 120 valence electrons. The Labute approximate surface area is 144 Å². The Morgan fingerprint density at radius 2 is 1.70 bits per heavy atom. The number of anilines is 1. The molecule has 0 spiro atoms. The highest BCUT2D eigenvalue weighted by atomic mass is 79.9. The average Bonchev–Trinajstić information content (AvgIpc) is 2.49. The molecule has 0 fully saturated rings. The maximum Gasteiger partial charge on any atom is 0.255 e. The molecule has 0 atom stereocenters. The van der Waals surface area contributed by atoms with Gasteiger partial charge in [-0.2, -0.15) is 0 Å². The average molecular weight is 375 g/mol. The Morgan fingerprint density at radius 1 is 1.00 bits per heavy atom. The van der Waals surface area contributed by atoms with Crippen LogP contribution < -0.4 is 10.6 Å². The molecule has 0 aliphatic heterocycles. The first-order valence-corrected chi connectivity index (χ1v) is 8.14. The summed E-state index contributed by atoms with van der Waals surface area (Å²) < 4.78 is 0.884. The van der Waals surface area contributed by atoms with Gasteiger partial charge in [0.05, 0.1) is 0 Å². The van der Waals surface area contributed by atoms with Gasteiger partial charge < -0.3 is 10.6 Å². The highest BCUT2D eigenvalue weighted by Gasteiger charge is 2.10. The topological polar surface area (TPSA) is 58.2 Å². The molecule has 0 aromatic heterocycles. The van der Waals surface area contributed by atoms with Crippen LogP contribution in [0.2, 0.25) is 0 Å². The van der Waals surface area contributed by atoms with Gasteiger partial charge in [-0.3, -0.25) is 9.59 Å². The number of carbonyl (C=O) groups excluding carboxylic acids is 2. The van der Waals surface area contributed by atoms with E-state index in [2.05, 4.69) is 26.6 Å². The van der Waals surface area contributed by atoms with Crippen LogP contribution >= 0.6 is 15.9 Å². The van der Waals surface area contributed by atoms with Crippen molar-refractivity contribution < 1.29 is 9.59 Å². The Bertz CT molecular complexity index is 742. The molecule has 0 bridgehead atoms. The minimum absolute atomic E-state index is 0.0608. The zero-order chi connectivity index (χ0) is 17.0. The van der Waals surface area contributed by atoms with E-state index >= 15 is 0 Å². The smallest absolute Gasteiger partial charge is 0.255 e. The lowest BCUT2D eigenvalue weighted by molar-refractivity contribution is 0.0942. The minimum Gasteiger partial charge on any atom is -0.350 e. The number of hydrogen-bond acceptors (Lipinski definition) is 2. The van der Waals surface area contributed by atoms with E-state index in [0.29, 0.717) is 16.8 Å². The van der Waals surface area contributed by atoms with Gasteiger partial charge in [0.15, 0.2) is 0 Å². The van der Waals surface area contributed by atoms with Crippen molar-refractivity contribution in [1.29, 1.82) is 0 Å². The number of aryl methyl sites for hydroxylation is 1. The molecule has 0 unspecified atom stereocenters.